The van der Waals surface area contributed by atoms with E-state index in [9.17, 15) is 9.18 Å². The van der Waals surface area contributed by atoms with Crippen LogP contribution in [0.25, 0.3) is 17.3 Å². The van der Waals surface area contributed by atoms with Gasteiger partial charge < -0.3 is 4.74 Å². The van der Waals surface area contributed by atoms with Crippen LogP contribution in [-0.4, -0.2) is 18.1 Å². The van der Waals surface area contributed by atoms with Gasteiger partial charge in [-0.15, -0.1) is 0 Å². The highest BCUT2D eigenvalue weighted by Crippen LogP contribution is 2.17. The lowest BCUT2D eigenvalue weighted by molar-refractivity contribution is -0.134. The molecular weight excluding hydrogens is 245 g/mol. The lowest BCUT2D eigenvalue weighted by Crippen LogP contribution is -1.93. The smallest absolute Gasteiger partial charge is 0.330 e. The summed E-state index contributed by atoms with van der Waals surface area (Å²) in [5.41, 5.74) is 2.37. The Kier molecular flexibility index (Phi) is 4.03. The van der Waals surface area contributed by atoms with Crippen LogP contribution in [0.3, 0.4) is 0 Å². The zero-order valence-electron chi connectivity index (χ0n) is 10.3. The summed E-state index contributed by atoms with van der Waals surface area (Å²) in [5, 5.41) is 0. The second kappa shape index (κ2) is 5.91. The van der Waals surface area contributed by atoms with Gasteiger partial charge in [0.2, 0.25) is 0 Å². The Bertz CT molecular complexity index is 589. The van der Waals surface area contributed by atoms with E-state index in [-0.39, 0.29) is 5.82 Å². The summed E-state index contributed by atoms with van der Waals surface area (Å²) < 4.78 is 17.3. The first-order chi connectivity index (χ1) is 9.19. The quantitative estimate of drug-likeness (QED) is 0.626. The second-order valence-electron chi connectivity index (χ2n) is 3.84. The Morgan fingerprint density at radius 1 is 1.21 bits per heavy atom. The molecule has 0 radical (unpaired) electrons. The zero-order chi connectivity index (χ0) is 13.7. The number of carbonyl (C=O) groups excluding carboxylic acids is 1. The topological polar surface area (TPSA) is 39.2 Å². The molecule has 0 unspecified atom stereocenters. The average molecular weight is 257 g/mol. The van der Waals surface area contributed by atoms with Crippen molar-refractivity contribution in [2.45, 2.75) is 0 Å². The van der Waals surface area contributed by atoms with Gasteiger partial charge in [-0.05, 0) is 42.0 Å². The SMILES string of the molecule is COC(=O)C=Cc1ccc(-c2ccc(F)cc2)nc1. The molecule has 0 aliphatic heterocycles. The van der Waals surface area contributed by atoms with Crippen molar-refractivity contribution in [2.24, 2.45) is 0 Å². The first-order valence-electron chi connectivity index (χ1n) is 5.67. The molecule has 0 fully saturated rings. The summed E-state index contributed by atoms with van der Waals surface area (Å²) in [4.78, 5) is 15.2. The number of methoxy groups -OCH3 is 1. The molecule has 0 amide bonds. The Morgan fingerprint density at radius 2 is 1.95 bits per heavy atom. The van der Waals surface area contributed by atoms with Gasteiger partial charge in [0, 0.05) is 17.8 Å². The van der Waals surface area contributed by atoms with E-state index in [1.54, 1.807) is 24.4 Å². The van der Waals surface area contributed by atoms with Gasteiger partial charge in [0.15, 0.2) is 0 Å². The molecule has 0 bridgehead atoms. The fourth-order valence-electron chi connectivity index (χ4n) is 1.53. The zero-order valence-corrected chi connectivity index (χ0v) is 10.3. The van der Waals surface area contributed by atoms with Crippen molar-refractivity contribution in [3.8, 4) is 11.3 Å². The van der Waals surface area contributed by atoms with Crippen LogP contribution in [0.4, 0.5) is 4.39 Å². The molecule has 96 valence electrons. The number of nitrogens with zero attached hydrogens (tertiary/aromatic N) is 1. The highest BCUT2D eigenvalue weighted by atomic mass is 19.1. The monoisotopic (exact) mass is 257 g/mol. The lowest BCUT2D eigenvalue weighted by atomic mass is 10.1. The maximum absolute atomic E-state index is 12.8. The number of aromatic nitrogens is 1. The molecule has 0 saturated carbocycles. The van der Waals surface area contributed by atoms with E-state index in [0.29, 0.717) is 0 Å². The standard InChI is InChI=1S/C15H12FNO2/c1-19-15(18)9-3-11-2-8-14(17-10-11)12-4-6-13(16)7-5-12/h2-10H,1H3. The molecule has 0 atom stereocenters. The minimum Gasteiger partial charge on any atom is -0.466 e. The van der Waals surface area contributed by atoms with Gasteiger partial charge in [0.05, 0.1) is 12.8 Å². The Balaban J connectivity index is 2.16. The maximum atomic E-state index is 12.8. The molecule has 1 aromatic carbocycles. The molecule has 4 heteroatoms. The largest absolute Gasteiger partial charge is 0.466 e. The molecule has 3 nitrogen and oxygen atoms in total. The summed E-state index contributed by atoms with van der Waals surface area (Å²) in [7, 11) is 1.32. The van der Waals surface area contributed by atoms with Gasteiger partial charge in [-0.2, -0.15) is 0 Å². The van der Waals surface area contributed by atoms with Gasteiger partial charge in [0.25, 0.3) is 0 Å². The predicted molar refractivity (Wildman–Crippen MR) is 70.7 cm³/mol. The molecule has 1 aromatic heterocycles. The average Bonchev–Trinajstić information content (AvgIpc) is 2.46. The van der Waals surface area contributed by atoms with E-state index < -0.39 is 5.97 Å². The van der Waals surface area contributed by atoms with Crippen LogP contribution in [0.2, 0.25) is 0 Å². The van der Waals surface area contributed by atoms with Crippen molar-refractivity contribution in [3.63, 3.8) is 0 Å². The summed E-state index contributed by atoms with van der Waals surface area (Å²) in [6.07, 6.45) is 4.58. The van der Waals surface area contributed by atoms with Gasteiger partial charge in [-0.25, -0.2) is 9.18 Å². The van der Waals surface area contributed by atoms with Crippen molar-refractivity contribution >= 4 is 12.0 Å². The van der Waals surface area contributed by atoms with E-state index in [2.05, 4.69) is 9.72 Å². The third-order valence-electron chi connectivity index (χ3n) is 2.54. The number of esters is 1. The Hall–Kier alpha value is -2.49. The lowest BCUT2D eigenvalue weighted by Gasteiger charge is -2.01. The number of halogens is 1. The van der Waals surface area contributed by atoms with Crippen LogP contribution in [0, 0.1) is 5.82 Å². The minimum absolute atomic E-state index is 0.276. The number of benzene rings is 1. The van der Waals surface area contributed by atoms with Crippen molar-refractivity contribution < 1.29 is 13.9 Å². The van der Waals surface area contributed by atoms with E-state index in [4.69, 9.17) is 0 Å². The third-order valence-corrected chi connectivity index (χ3v) is 2.54. The van der Waals surface area contributed by atoms with Crippen molar-refractivity contribution in [1.29, 1.82) is 0 Å². The van der Waals surface area contributed by atoms with E-state index >= 15 is 0 Å². The molecule has 2 aromatic rings. The maximum Gasteiger partial charge on any atom is 0.330 e. The molecule has 2 rings (SSSR count). The van der Waals surface area contributed by atoms with E-state index in [1.807, 2.05) is 12.1 Å². The highest BCUT2D eigenvalue weighted by Gasteiger charge is 1.99. The second-order valence-corrected chi connectivity index (χ2v) is 3.84. The minimum atomic E-state index is -0.414. The van der Waals surface area contributed by atoms with Gasteiger partial charge >= 0.3 is 5.97 Å². The molecule has 0 N–H and O–H groups in total. The van der Waals surface area contributed by atoms with Crippen molar-refractivity contribution in [3.05, 3.63) is 60.1 Å². The van der Waals surface area contributed by atoms with Crippen LogP contribution in [-0.2, 0) is 9.53 Å². The van der Waals surface area contributed by atoms with Crippen molar-refractivity contribution in [1.82, 2.24) is 4.98 Å². The Morgan fingerprint density at radius 3 is 2.53 bits per heavy atom. The van der Waals surface area contributed by atoms with Gasteiger partial charge in [-0.3, -0.25) is 4.98 Å². The number of hydrogen-bond donors (Lipinski definition) is 0. The summed E-state index contributed by atoms with van der Waals surface area (Å²) in [6.45, 7) is 0. The van der Waals surface area contributed by atoms with Crippen LogP contribution < -0.4 is 0 Å². The molecule has 19 heavy (non-hydrogen) atoms. The van der Waals surface area contributed by atoms with Crippen LogP contribution in [0.1, 0.15) is 5.56 Å². The first-order valence-corrected chi connectivity index (χ1v) is 5.67. The van der Waals surface area contributed by atoms with Crippen LogP contribution >= 0.6 is 0 Å². The number of pyridine rings is 1. The molecule has 0 saturated heterocycles. The number of carbonyl (C=O) groups is 1. The molecule has 0 spiro atoms. The summed E-state index contributed by atoms with van der Waals surface area (Å²) in [5.74, 6) is -0.691. The van der Waals surface area contributed by atoms with Crippen LogP contribution in [0.15, 0.2) is 48.7 Å². The van der Waals surface area contributed by atoms with Crippen LogP contribution in [0.5, 0.6) is 0 Å². The first kappa shape index (κ1) is 13.0. The number of ether oxygens (including phenoxy) is 1. The molecule has 1 heterocycles. The van der Waals surface area contributed by atoms with Gasteiger partial charge in [0.1, 0.15) is 5.82 Å². The third kappa shape index (κ3) is 3.48. The predicted octanol–water partition coefficient (Wildman–Crippen LogP) is 3.07. The van der Waals surface area contributed by atoms with Crippen molar-refractivity contribution in [2.75, 3.05) is 7.11 Å². The fraction of sp³-hybridized carbons (Fsp3) is 0.0667. The number of rotatable bonds is 3. The summed E-state index contributed by atoms with van der Waals surface area (Å²) in [6, 6.07) is 9.75. The Labute approximate surface area is 110 Å². The van der Waals surface area contributed by atoms with E-state index in [1.165, 1.54) is 25.3 Å². The number of hydrogen-bond acceptors (Lipinski definition) is 3. The van der Waals surface area contributed by atoms with Gasteiger partial charge in [-0.1, -0.05) is 6.07 Å². The normalized spacial score (nSPS) is 10.6. The molecule has 0 aliphatic carbocycles. The molecular formula is C15H12FNO2. The summed E-state index contributed by atoms with van der Waals surface area (Å²) >= 11 is 0. The molecule has 0 aliphatic rings. The van der Waals surface area contributed by atoms with E-state index in [0.717, 1.165) is 16.8 Å². The highest BCUT2D eigenvalue weighted by molar-refractivity contribution is 5.86. The fourth-order valence-corrected chi connectivity index (χ4v) is 1.53.